The molecular formula is C25H38N2O6. The van der Waals surface area contributed by atoms with Gasteiger partial charge in [-0.2, -0.15) is 0 Å². The summed E-state index contributed by atoms with van der Waals surface area (Å²) in [5.41, 5.74) is 0. The Labute approximate surface area is 195 Å². The van der Waals surface area contributed by atoms with E-state index in [1.165, 1.54) is 39.2 Å². The van der Waals surface area contributed by atoms with Crippen LogP contribution in [0.25, 0.3) is 0 Å². The molecule has 4 aliphatic carbocycles. The molecule has 0 saturated heterocycles. The molecule has 0 aromatic heterocycles. The number of fused-ring (bicyclic) bond motifs is 1. The maximum atomic E-state index is 13.1. The third-order valence-corrected chi connectivity index (χ3v) is 9.29. The highest BCUT2D eigenvalue weighted by molar-refractivity contribution is 5.94. The van der Waals surface area contributed by atoms with Gasteiger partial charge >= 0.3 is 11.9 Å². The van der Waals surface area contributed by atoms with Crippen LogP contribution in [0.15, 0.2) is 0 Å². The van der Waals surface area contributed by atoms with Crippen molar-refractivity contribution >= 4 is 23.8 Å². The van der Waals surface area contributed by atoms with E-state index < -0.39 is 53.4 Å². The Balaban J connectivity index is 1.32. The number of hydrogen-bond acceptors (Lipinski definition) is 4. The molecule has 4 aliphatic rings. The van der Waals surface area contributed by atoms with Gasteiger partial charge in [0.15, 0.2) is 0 Å². The van der Waals surface area contributed by atoms with Gasteiger partial charge in [0.25, 0.3) is 0 Å². The summed E-state index contributed by atoms with van der Waals surface area (Å²) in [6.07, 6.45) is 10.6. The summed E-state index contributed by atoms with van der Waals surface area (Å²) in [4.78, 5) is 49.0. The van der Waals surface area contributed by atoms with Crippen LogP contribution in [0, 0.1) is 53.3 Å². The van der Waals surface area contributed by atoms with E-state index in [0.717, 1.165) is 37.5 Å². The molecule has 8 nitrogen and oxygen atoms in total. The first kappa shape index (κ1) is 24.0. The van der Waals surface area contributed by atoms with Crippen LogP contribution in [0.4, 0.5) is 0 Å². The lowest BCUT2D eigenvalue weighted by Gasteiger charge is -2.63. The molecular weight excluding hydrogens is 424 g/mol. The lowest BCUT2D eigenvalue weighted by molar-refractivity contribution is -0.222. The van der Waals surface area contributed by atoms with Gasteiger partial charge in [-0.3, -0.25) is 19.2 Å². The number of rotatable bonds is 7. The predicted octanol–water partition coefficient (Wildman–Crippen LogP) is 2.52. The van der Waals surface area contributed by atoms with Gasteiger partial charge < -0.3 is 20.8 Å². The second-order valence-electron chi connectivity index (χ2n) is 11.1. The standard InChI is InChI=1S/C25H38N2O6/c1-12-3-5-13(6-4-12)11-14-7-9-15(10-8-14)27-23(29)19-16-17(21(19)25(32)33)20(24(30)31)18(16)22(28)26-2/h12-21H,3-11H2,1-2H3,(H,26,28)(H,27,29)(H,30,31)(H,32,33). The third-order valence-electron chi connectivity index (χ3n) is 9.29. The first-order valence-corrected chi connectivity index (χ1v) is 12.7. The van der Waals surface area contributed by atoms with Crippen LogP contribution in [-0.2, 0) is 19.2 Å². The van der Waals surface area contributed by atoms with Crippen molar-refractivity contribution in [2.75, 3.05) is 7.05 Å². The topological polar surface area (TPSA) is 133 Å². The van der Waals surface area contributed by atoms with Gasteiger partial charge in [0.2, 0.25) is 11.8 Å². The number of amides is 2. The second kappa shape index (κ2) is 9.63. The molecule has 0 spiro atoms. The van der Waals surface area contributed by atoms with E-state index in [2.05, 4.69) is 17.6 Å². The normalized spacial score (nSPS) is 42.1. The molecule has 2 amide bonds. The summed E-state index contributed by atoms with van der Waals surface area (Å²) >= 11 is 0. The van der Waals surface area contributed by atoms with E-state index in [-0.39, 0.29) is 11.9 Å². The molecule has 4 saturated carbocycles. The summed E-state index contributed by atoms with van der Waals surface area (Å²) in [7, 11) is 1.43. The highest BCUT2D eigenvalue weighted by atomic mass is 16.4. The largest absolute Gasteiger partial charge is 0.481 e. The van der Waals surface area contributed by atoms with Gasteiger partial charge in [0.05, 0.1) is 23.7 Å². The minimum atomic E-state index is -1.17. The van der Waals surface area contributed by atoms with E-state index in [4.69, 9.17) is 0 Å². The van der Waals surface area contributed by atoms with Crippen LogP contribution < -0.4 is 10.6 Å². The van der Waals surface area contributed by atoms with E-state index in [0.29, 0.717) is 5.92 Å². The number of carboxylic acid groups (broad SMARTS) is 2. The van der Waals surface area contributed by atoms with Crippen molar-refractivity contribution < 1.29 is 29.4 Å². The number of nitrogens with one attached hydrogen (secondary N) is 2. The van der Waals surface area contributed by atoms with E-state index in [1.807, 2.05) is 0 Å². The molecule has 0 aliphatic heterocycles. The molecule has 0 aromatic rings. The molecule has 4 rings (SSSR count). The number of carboxylic acids is 2. The number of carbonyl (C=O) groups is 4. The Morgan fingerprint density at radius 2 is 1.15 bits per heavy atom. The average Bonchev–Trinajstić information content (AvgIpc) is 2.75. The zero-order valence-corrected chi connectivity index (χ0v) is 19.7. The smallest absolute Gasteiger partial charge is 0.307 e. The fourth-order valence-electron chi connectivity index (χ4n) is 7.43. The predicted molar refractivity (Wildman–Crippen MR) is 120 cm³/mol. The lowest BCUT2D eigenvalue weighted by Crippen LogP contribution is -2.73. The zero-order valence-electron chi connectivity index (χ0n) is 19.7. The lowest BCUT2D eigenvalue weighted by atomic mass is 9.37. The van der Waals surface area contributed by atoms with Crippen molar-refractivity contribution in [3.63, 3.8) is 0 Å². The van der Waals surface area contributed by atoms with E-state index in [9.17, 15) is 29.4 Å². The molecule has 6 unspecified atom stereocenters. The number of hydrogen-bond donors (Lipinski definition) is 4. The molecule has 0 radical (unpaired) electrons. The van der Waals surface area contributed by atoms with Gasteiger partial charge in [-0.15, -0.1) is 0 Å². The third kappa shape index (κ3) is 4.50. The van der Waals surface area contributed by atoms with Gasteiger partial charge in [-0.05, 0) is 61.7 Å². The SMILES string of the molecule is CNC(=O)C1C(C(=O)O)C2C(C(=O)O)C(C(=O)NC3CCC(CC4CCC(C)CC4)CC3)C12. The first-order valence-electron chi connectivity index (χ1n) is 12.7. The summed E-state index contributed by atoms with van der Waals surface area (Å²) in [5.74, 6) is -5.62. The highest BCUT2D eigenvalue weighted by Crippen LogP contribution is 2.65. The van der Waals surface area contributed by atoms with Crippen LogP contribution in [-0.4, -0.2) is 47.1 Å². The number of aliphatic carboxylic acids is 2. The monoisotopic (exact) mass is 462 g/mol. The van der Waals surface area contributed by atoms with Crippen LogP contribution in [0.2, 0.25) is 0 Å². The molecule has 8 heteroatoms. The van der Waals surface area contributed by atoms with Crippen molar-refractivity contribution in [3.8, 4) is 0 Å². The summed E-state index contributed by atoms with van der Waals surface area (Å²) in [5, 5.41) is 24.8. The average molecular weight is 463 g/mol. The second-order valence-corrected chi connectivity index (χ2v) is 11.1. The maximum Gasteiger partial charge on any atom is 0.307 e. The molecule has 0 bridgehead atoms. The van der Waals surface area contributed by atoms with Crippen molar-refractivity contribution in [1.29, 1.82) is 0 Å². The Morgan fingerprint density at radius 1 is 0.697 bits per heavy atom. The van der Waals surface area contributed by atoms with Crippen LogP contribution in [0.5, 0.6) is 0 Å². The molecule has 4 fully saturated rings. The zero-order chi connectivity index (χ0) is 23.9. The van der Waals surface area contributed by atoms with Crippen molar-refractivity contribution in [2.24, 2.45) is 53.3 Å². The Hall–Kier alpha value is -2.12. The van der Waals surface area contributed by atoms with Gasteiger partial charge in [0, 0.05) is 13.1 Å². The van der Waals surface area contributed by atoms with Gasteiger partial charge in [-0.25, -0.2) is 0 Å². The Kier molecular flexibility index (Phi) is 7.01. The quantitative estimate of drug-likeness (QED) is 0.460. The van der Waals surface area contributed by atoms with Crippen LogP contribution in [0.1, 0.15) is 64.7 Å². The van der Waals surface area contributed by atoms with Gasteiger partial charge in [0.1, 0.15) is 0 Å². The van der Waals surface area contributed by atoms with Crippen LogP contribution >= 0.6 is 0 Å². The first-order chi connectivity index (χ1) is 15.7. The minimum absolute atomic E-state index is 0.0300. The minimum Gasteiger partial charge on any atom is -0.481 e. The fraction of sp³-hybridized carbons (Fsp3) is 0.840. The van der Waals surface area contributed by atoms with Gasteiger partial charge in [-0.1, -0.05) is 32.6 Å². The molecule has 0 heterocycles. The molecule has 184 valence electrons. The Morgan fingerprint density at radius 3 is 1.64 bits per heavy atom. The summed E-state index contributed by atoms with van der Waals surface area (Å²) in [6, 6.07) is 0.0300. The van der Waals surface area contributed by atoms with Crippen molar-refractivity contribution in [3.05, 3.63) is 0 Å². The van der Waals surface area contributed by atoms with E-state index in [1.54, 1.807) is 0 Å². The number of carbonyl (C=O) groups excluding carboxylic acids is 2. The van der Waals surface area contributed by atoms with Crippen LogP contribution in [0.3, 0.4) is 0 Å². The van der Waals surface area contributed by atoms with Crippen molar-refractivity contribution in [2.45, 2.75) is 70.8 Å². The van der Waals surface area contributed by atoms with E-state index >= 15 is 0 Å². The maximum absolute atomic E-state index is 13.1. The Bertz CT molecular complexity index is 784. The summed E-state index contributed by atoms with van der Waals surface area (Å²) in [6.45, 7) is 2.34. The highest BCUT2D eigenvalue weighted by Gasteiger charge is 2.74. The molecule has 33 heavy (non-hydrogen) atoms. The fourth-order valence-corrected chi connectivity index (χ4v) is 7.43. The molecule has 0 aromatic carbocycles. The van der Waals surface area contributed by atoms with Crippen molar-refractivity contribution in [1.82, 2.24) is 10.6 Å². The molecule has 6 atom stereocenters. The summed E-state index contributed by atoms with van der Waals surface area (Å²) < 4.78 is 0. The molecule has 4 N–H and O–H groups in total.